The standard InChI is InChI=1S/C10H14N2O.C2H6/c1-8-5-4-6-10(11-8)7-12(3)9(2)13;1-2/h4-6H,7H2,1-3H3;1-2H3. The Labute approximate surface area is 92.1 Å². The first-order valence-electron chi connectivity index (χ1n) is 5.24. The first-order chi connectivity index (χ1) is 7.09. The van der Waals surface area contributed by atoms with Crippen molar-refractivity contribution in [3.05, 3.63) is 29.6 Å². The van der Waals surface area contributed by atoms with E-state index in [0.29, 0.717) is 6.54 Å². The molecule has 0 aliphatic carbocycles. The minimum atomic E-state index is 0.0586. The highest BCUT2D eigenvalue weighted by Gasteiger charge is 2.03. The number of hydrogen-bond donors (Lipinski definition) is 0. The van der Waals surface area contributed by atoms with Gasteiger partial charge in [0.1, 0.15) is 0 Å². The van der Waals surface area contributed by atoms with Crippen LogP contribution in [0.15, 0.2) is 18.2 Å². The van der Waals surface area contributed by atoms with Gasteiger partial charge in [-0.15, -0.1) is 0 Å². The molecule has 1 rings (SSSR count). The summed E-state index contributed by atoms with van der Waals surface area (Å²) >= 11 is 0. The summed E-state index contributed by atoms with van der Waals surface area (Å²) in [4.78, 5) is 16.9. The lowest BCUT2D eigenvalue weighted by molar-refractivity contribution is -0.128. The minimum Gasteiger partial charge on any atom is -0.340 e. The maximum Gasteiger partial charge on any atom is 0.219 e. The van der Waals surface area contributed by atoms with Crippen molar-refractivity contribution in [1.82, 2.24) is 9.88 Å². The second-order valence-electron chi connectivity index (χ2n) is 3.15. The van der Waals surface area contributed by atoms with Crippen molar-refractivity contribution in [2.45, 2.75) is 34.2 Å². The predicted molar refractivity (Wildman–Crippen MR) is 62.5 cm³/mol. The van der Waals surface area contributed by atoms with Gasteiger partial charge in [-0.2, -0.15) is 0 Å². The Kier molecular flexibility index (Phi) is 6.34. The number of aryl methyl sites for hydroxylation is 1. The van der Waals surface area contributed by atoms with Gasteiger partial charge in [-0.05, 0) is 19.1 Å². The van der Waals surface area contributed by atoms with Crippen molar-refractivity contribution in [3.63, 3.8) is 0 Å². The molecule has 0 aliphatic rings. The summed E-state index contributed by atoms with van der Waals surface area (Å²) in [5, 5.41) is 0. The lowest BCUT2D eigenvalue weighted by Crippen LogP contribution is -2.23. The van der Waals surface area contributed by atoms with Crippen LogP contribution >= 0.6 is 0 Å². The highest BCUT2D eigenvalue weighted by Crippen LogP contribution is 2.01. The molecule has 3 heteroatoms. The molecular formula is C12H20N2O. The Morgan fingerprint density at radius 3 is 2.47 bits per heavy atom. The molecule has 1 amide bonds. The van der Waals surface area contributed by atoms with Crippen LogP contribution in [0.3, 0.4) is 0 Å². The number of rotatable bonds is 2. The van der Waals surface area contributed by atoms with Crippen molar-refractivity contribution < 1.29 is 4.79 Å². The fraction of sp³-hybridized carbons (Fsp3) is 0.500. The quantitative estimate of drug-likeness (QED) is 0.747. The SMILES string of the molecule is CC.CC(=O)N(C)Cc1cccc(C)n1. The summed E-state index contributed by atoms with van der Waals surface area (Å²) in [6.07, 6.45) is 0. The topological polar surface area (TPSA) is 33.2 Å². The number of hydrogen-bond acceptors (Lipinski definition) is 2. The third kappa shape index (κ3) is 5.15. The number of carbonyl (C=O) groups is 1. The fourth-order valence-electron chi connectivity index (χ4n) is 1.04. The Morgan fingerprint density at radius 2 is 2.00 bits per heavy atom. The summed E-state index contributed by atoms with van der Waals surface area (Å²) in [6.45, 7) is 8.07. The summed E-state index contributed by atoms with van der Waals surface area (Å²) in [7, 11) is 1.77. The third-order valence-electron chi connectivity index (χ3n) is 1.88. The Morgan fingerprint density at radius 1 is 1.40 bits per heavy atom. The molecule has 1 aromatic rings. The molecule has 0 saturated carbocycles. The normalized spacial score (nSPS) is 8.87. The van der Waals surface area contributed by atoms with Crippen LogP contribution < -0.4 is 0 Å². The average Bonchev–Trinajstić information content (AvgIpc) is 2.20. The van der Waals surface area contributed by atoms with E-state index in [2.05, 4.69) is 4.98 Å². The van der Waals surface area contributed by atoms with Crippen LogP contribution in [-0.4, -0.2) is 22.8 Å². The molecule has 0 bridgehead atoms. The zero-order valence-electron chi connectivity index (χ0n) is 10.2. The zero-order valence-corrected chi connectivity index (χ0v) is 10.2. The first-order valence-corrected chi connectivity index (χ1v) is 5.24. The maximum atomic E-state index is 10.9. The zero-order chi connectivity index (χ0) is 11.8. The molecule has 15 heavy (non-hydrogen) atoms. The van der Waals surface area contributed by atoms with Crippen molar-refractivity contribution in [2.24, 2.45) is 0 Å². The van der Waals surface area contributed by atoms with Crippen LogP contribution in [0.5, 0.6) is 0 Å². The number of amides is 1. The molecule has 0 N–H and O–H groups in total. The smallest absolute Gasteiger partial charge is 0.219 e. The van der Waals surface area contributed by atoms with Crippen LogP contribution in [0.2, 0.25) is 0 Å². The molecule has 0 spiro atoms. The molecule has 0 fully saturated rings. The van der Waals surface area contributed by atoms with Crippen LogP contribution in [0, 0.1) is 6.92 Å². The van der Waals surface area contributed by atoms with Gasteiger partial charge in [0.15, 0.2) is 0 Å². The first kappa shape index (κ1) is 13.6. The Balaban J connectivity index is 0.000000921. The monoisotopic (exact) mass is 208 g/mol. The molecule has 0 aliphatic heterocycles. The Bertz CT molecular complexity index is 310. The molecule has 0 radical (unpaired) electrons. The maximum absolute atomic E-state index is 10.9. The van der Waals surface area contributed by atoms with Gasteiger partial charge in [0.05, 0.1) is 12.2 Å². The van der Waals surface area contributed by atoms with Crippen molar-refractivity contribution in [1.29, 1.82) is 0 Å². The van der Waals surface area contributed by atoms with E-state index in [1.54, 1.807) is 18.9 Å². The lowest BCUT2D eigenvalue weighted by atomic mass is 10.3. The van der Waals surface area contributed by atoms with E-state index in [-0.39, 0.29) is 5.91 Å². The van der Waals surface area contributed by atoms with Gasteiger partial charge in [0.25, 0.3) is 0 Å². The summed E-state index contributed by atoms with van der Waals surface area (Å²) < 4.78 is 0. The molecule has 3 nitrogen and oxygen atoms in total. The number of nitrogens with zero attached hydrogens (tertiary/aromatic N) is 2. The Hall–Kier alpha value is -1.38. The van der Waals surface area contributed by atoms with Crippen molar-refractivity contribution in [3.8, 4) is 0 Å². The van der Waals surface area contributed by atoms with Gasteiger partial charge < -0.3 is 4.90 Å². The lowest BCUT2D eigenvalue weighted by Gasteiger charge is -2.13. The second-order valence-corrected chi connectivity index (χ2v) is 3.15. The average molecular weight is 208 g/mol. The number of pyridine rings is 1. The summed E-state index contributed by atoms with van der Waals surface area (Å²) in [6, 6.07) is 5.81. The van der Waals surface area contributed by atoms with Gasteiger partial charge in [-0.1, -0.05) is 19.9 Å². The third-order valence-corrected chi connectivity index (χ3v) is 1.88. The molecule has 0 saturated heterocycles. The van der Waals surface area contributed by atoms with Gasteiger partial charge in [-0.3, -0.25) is 9.78 Å². The van der Waals surface area contributed by atoms with E-state index in [0.717, 1.165) is 11.4 Å². The largest absolute Gasteiger partial charge is 0.340 e. The van der Waals surface area contributed by atoms with Crippen LogP contribution in [-0.2, 0) is 11.3 Å². The molecular weight excluding hydrogens is 188 g/mol. The highest BCUT2D eigenvalue weighted by atomic mass is 16.2. The molecule has 0 aromatic carbocycles. The molecule has 84 valence electrons. The van der Waals surface area contributed by atoms with Gasteiger partial charge >= 0.3 is 0 Å². The van der Waals surface area contributed by atoms with Crippen LogP contribution in [0.25, 0.3) is 0 Å². The molecule has 1 heterocycles. The van der Waals surface area contributed by atoms with E-state index in [1.165, 1.54) is 0 Å². The van der Waals surface area contributed by atoms with Gasteiger partial charge in [-0.25, -0.2) is 0 Å². The van der Waals surface area contributed by atoms with Crippen LogP contribution in [0.4, 0.5) is 0 Å². The minimum absolute atomic E-state index is 0.0586. The van der Waals surface area contributed by atoms with Gasteiger partial charge in [0.2, 0.25) is 5.91 Å². The van der Waals surface area contributed by atoms with Crippen molar-refractivity contribution >= 4 is 5.91 Å². The van der Waals surface area contributed by atoms with E-state index < -0.39 is 0 Å². The summed E-state index contributed by atoms with van der Waals surface area (Å²) in [5.74, 6) is 0.0586. The predicted octanol–water partition coefficient (Wildman–Crippen LogP) is 2.39. The van der Waals surface area contributed by atoms with Gasteiger partial charge in [0, 0.05) is 19.7 Å². The molecule has 1 aromatic heterocycles. The molecule has 0 atom stereocenters. The van der Waals surface area contributed by atoms with Crippen LogP contribution in [0.1, 0.15) is 32.2 Å². The van der Waals surface area contributed by atoms with Crippen molar-refractivity contribution in [2.75, 3.05) is 7.05 Å². The number of carbonyl (C=O) groups excluding carboxylic acids is 1. The van der Waals surface area contributed by atoms with E-state index in [9.17, 15) is 4.79 Å². The van der Waals surface area contributed by atoms with E-state index in [1.807, 2.05) is 39.0 Å². The number of aromatic nitrogens is 1. The van der Waals surface area contributed by atoms with E-state index >= 15 is 0 Å². The summed E-state index contributed by atoms with van der Waals surface area (Å²) in [5.41, 5.74) is 1.91. The van der Waals surface area contributed by atoms with E-state index in [4.69, 9.17) is 0 Å². The molecule has 0 unspecified atom stereocenters. The fourth-order valence-corrected chi connectivity index (χ4v) is 1.04. The second kappa shape index (κ2) is 6.98. The highest BCUT2D eigenvalue weighted by molar-refractivity contribution is 5.72.